The molecular formula is C12H16N4O2. The van der Waals surface area contributed by atoms with Crippen molar-refractivity contribution in [2.24, 2.45) is 0 Å². The summed E-state index contributed by atoms with van der Waals surface area (Å²) in [6.07, 6.45) is 0. The first-order chi connectivity index (χ1) is 8.92. The van der Waals surface area contributed by atoms with Gasteiger partial charge in [-0.3, -0.25) is 4.84 Å². The maximum absolute atomic E-state index is 5.18. The van der Waals surface area contributed by atoms with Crippen LogP contribution in [0, 0.1) is 0 Å². The number of benzene rings is 1. The van der Waals surface area contributed by atoms with Gasteiger partial charge in [0.25, 0.3) is 0 Å². The standard InChI is InChI=1S/C12H16N4O2/c1-17-7-8-18-13-9-11-12(15-16-14-11)10-5-3-2-4-6-10/h2-6,13H,7-9H2,1H3,(H,14,15,16). The smallest absolute Gasteiger partial charge is 0.117 e. The average Bonchev–Trinajstić information content (AvgIpc) is 2.88. The summed E-state index contributed by atoms with van der Waals surface area (Å²) in [6.45, 7) is 1.54. The zero-order chi connectivity index (χ0) is 12.6. The molecule has 96 valence electrons. The lowest BCUT2D eigenvalue weighted by Crippen LogP contribution is -2.17. The second-order valence-corrected chi connectivity index (χ2v) is 3.65. The molecule has 0 bridgehead atoms. The van der Waals surface area contributed by atoms with Crippen LogP contribution in [0.1, 0.15) is 5.69 Å². The first-order valence-corrected chi connectivity index (χ1v) is 5.70. The minimum Gasteiger partial charge on any atom is -0.382 e. The molecule has 1 heterocycles. The van der Waals surface area contributed by atoms with Crippen LogP contribution in [-0.2, 0) is 16.1 Å². The number of aromatic nitrogens is 3. The molecule has 2 aromatic rings. The van der Waals surface area contributed by atoms with Crippen molar-refractivity contribution >= 4 is 0 Å². The Balaban J connectivity index is 1.92. The predicted octanol–water partition coefficient (Wildman–Crippen LogP) is 1.14. The quantitative estimate of drug-likeness (QED) is 0.568. The summed E-state index contributed by atoms with van der Waals surface area (Å²) in [4.78, 5) is 5.18. The number of rotatable bonds is 7. The zero-order valence-electron chi connectivity index (χ0n) is 10.2. The number of H-pyrrole nitrogens is 1. The van der Waals surface area contributed by atoms with E-state index in [0.29, 0.717) is 19.8 Å². The van der Waals surface area contributed by atoms with Gasteiger partial charge in [0.2, 0.25) is 0 Å². The summed E-state index contributed by atoms with van der Waals surface area (Å²) in [5.41, 5.74) is 5.51. The normalized spacial score (nSPS) is 10.7. The monoisotopic (exact) mass is 248 g/mol. The van der Waals surface area contributed by atoms with Crippen LogP contribution in [-0.4, -0.2) is 35.7 Å². The lowest BCUT2D eigenvalue weighted by Gasteiger charge is -2.04. The molecule has 6 heteroatoms. The Bertz CT molecular complexity index is 458. The summed E-state index contributed by atoms with van der Waals surface area (Å²) in [6, 6.07) is 9.89. The third-order valence-corrected chi connectivity index (χ3v) is 2.40. The largest absolute Gasteiger partial charge is 0.382 e. The molecule has 0 fully saturated rings. The van der Waals surface area contributed by atoms with Gasteiger partial charge in [0.05, 0.1) is 19.8 Å². The van der Waals surface area contributed by atoms with Crippen molar-refractivity contribution in [1.82, 2.24) is 20.9 Å². The van der Waals surface area contributed by atoms with Crippen molar-refractivity contribution < 1.29 is 9.57 Å². The number of hydroxylamine groups is 1. The summed E-state index contributed by atoms with van der Waals surface area (Å²) in [5.74, 6) is 0. The average molecular weight is 248 g/mol. The van der Waals surface area contributed by atoms with Crippen LogP contribution in [0.25, 0.3) is 11.3 Å². The number of methoxy groups -OCH3 is 1. The van der Waals surface area contributed by atoms with Gasteiger partial charge in [-0.2, -0.15) is 20.9 Å². The number of nitrogens with zero attached hydrogens (tertiary/aromatic N) is 2. The molecule has 0 amide bonds. The Labute approximate surface area is 105 Å². The fourth-order valence-electron chi connectivity index (χ4n) is 1.52. The third-order valence-electron chi connectivity index (χ3n) is 2.40. The van der Waals surface area contributed by atoms with E-state index in [1.165, 1.54) is 0 Å². The van der Waals surface area contributed by atoms with Gasteiger partial charge in [0, 0.05) is 12.7 Å². The van der Waals surface area contributed by atoms with Crippen LogP contribution in [0.2, 0.25) is 0 Å². The Morgan fingerprint density at radius 3 is 2.78 bits per heavy atom. The van der Waals surface area contributed by atoms with Gasteiger partial charge in [-0.05, 0) is 0 Å². The second kappa shape index (κ2) is 6.85. The Morgan fingerprint density at radius 2 is 2.00 bits per heavy atom. The number of hydrogen-bond acceptors (Lipinski definition) is 5. The van der Waals surface area contributed by atoms with Gasteiger partial charge in [-0.15, -0.1) is 0 Å². The van der Waals surface area contributed by atoms with E-state index in [1.54, 1.807) is 7.11 Å². The summed E-state index contributed by atoms with van der Waals surface area (Å²) < 4.78 is 4.87. The molecule has 0 aliphatic carbocycles. The van der Waals surface area contributed by atoms with Gasteiger partial charge >= 0.3 is 0 Å². The highest BCUT2D eigenvalue weighted by Crippen LogP contribution is 2.18. The van der Waals surface area contributed by atoms with E-state index in [1.807, 2.05) is 30.3 Å². The molecule has 0 radical (unpaired) electrons. The molecule has 1 aromatic heterocycles. The van der Waals surface area contributed by atoms with Crippen LogP contribution in [0.4, 0.5) is 0 Å². The van der Waals surface area contributed by atoms with E-state index in [4.69, 9.17) is 9.57 Å². The van der Waals surface area contributed by atoms with Crippen molar-refractivity contribution in [3.05, 3.63) is 36.0 Å². The third kappa shape index (κ3) is 3.36. The fraction of sp³-hybridized carbons (Fsp3) is 0.333. The number of hydrogen-bond donors (Lipinski definition) is 2. The van der Waals surface area contributed by atoms with E-state index >= 15 is 0 Å². The van der Waals surface area contributed by atoms with Gasteiger partial charge in [-0.1, -0.05) is 30.3 Å². The fourth-order valence-corrected chi connectivity index (χ4v) is 1.52. The Hall–Kier alpha value is -1.76. The summed E-state index contributed by atoms with van der Waals surface area (Å²) >= 11 is 0. The van der Waals surface area contributed by atoms with E-state index in [-0.39, 0.29) is 0 Å². The topological polar surface area (TPSA) is 72.1 Å². The van der Waals surface area contributed by atoms with Crippen LogP contribution in [0.5, 0.6) is 0 Å². The molecule has 0 unspecified atom stereocenters. The number of aromatic amines is 1. The van der Waals surface area contributed by atoms with Crippen LogP contribution in [0.15, 0.2) is 30.3 Å². The highest BCUT2D eigenvalue weighted by molar-refractivity contribution is 5.60. The van der Waals surface area contributed by atoms with Gasteiger partial charge in [0.1, 0.15) is 11.4 Å². The maximum Gasteiger partial charge on any atom is 0.117 e. The van der Waals surface area contributed by atoms with Crippen LogP contribution in [0.3, 0.4) is 0 Å². The Kier molecular flexibility index (Phi) is 4.83. The van der Waals surface area contributed by atoms with Crippen molar-refractivity contribution in [2.75, 3.05) is 20.3 Å². The minimum atomic E-state index is 0.491. The van der Waals surface area contributed by atoms with Gasteiger partial charge < -0.3 is 4.74 Å². The molecule has 2 rings (SSSR count). The van der Waals surface area contributed by atoms with E-state index in [2.05, 4.69) is 20.9 Å². The van der Waals surface area contributed by atoms with E-state index < -0.39 is 0 Å². The summed E-state index contributed by atoms with van der Waals surface area (Å²) in [7, 11) is 1.63. The van der Waals surface area contributed by atoms with Crippen molar-refractivity contribution in [2.45, 2.75) is 6.54 Å². The molecule has 18 heavy (non-hydrogen) atoms. The van der Waals surface area contributed by atoms with E-state index in [0.717, 1.165) is 17.0 Å². The first kappa shape index (κ1) is 12.7. The minimum absolute atomic E-state index is 0.491. The number of ether oxygens (including phenoxy) is 1. The van der Waals surface area contributed by atoms with Crippen LogP contribution >= 0.6 is 0 Å². The van der Waals surface area contributed by atoms with Crippen molar-refractivity contribution in [3.63, 3.8) is 0 Å². The summed E-state index contributed by atoms with van der Waals surface area (Å²) in [5, 5.41) is 10.9. The molecule has 0 saturated heterocycles. The predicted molar refractivity (Wildman–Crippen MR) is 66.5 cm³/mol. The molecule has 6 nitrogen and oxygen atoms in total. The van der Waals surface area contributed by atoms with Crippen molar-refractivity contribution in [3.8, 4) is 11.3 Å². The molecule has 1 aromatic carbocycles. The van der Waals surface area contributed by atoms with Gasteiger partial charge in [0.15, 0.2) is 0 Å². The second-order valence-electron chi connectivity index (χ2n) is 3.65. The molecule has 0 saturated carbocycles. The van der Waals surface area contributed by atoms with Crippen LogP contribution < -0.4 is 5.48 Å². The first-order valence-electron chi connectivity index (χ1n) is 5.70. The molecule has 0 aliphatic heterocycles. The lowest BCUT2D eigenvalue weighted by atomic mass is 10.1. The zero-order valence-corrected chi connectivity index (χ0v) is 10.2. The van der Waals surface area contributed by atoms with Crippen molar-refractivity contribution in [1.29, 1.82) is 0 Å². The SMILES string of the molecule is COCCONCc1n[nH]nc1-c1ccccc1. The van der Waals surface area contributed by atoms with E-state index in [9.17, 15) is 0 Å². The molecule has 0 atom stereocenters. The highest BCUT2D eigenvalue weighted by Gasteiger charge is 2.09. The molecule has 2 N–H and O–H groups in total. The molecule has 0 spiro atoms. The Morgan fingerprint density at radius 1 is 1.17 bits per heavy atom. The lowest BCUT2D eigenvalue weighted by molar-refractivity contribution is 0.00304. The van der Waals surface area contributed by atoms with Gasteiger partial charge in [-0.25, -0.2) is 0 Å². The molecular weight excluding hydrogens is 232 g/mol. The maximum atomic E-state index is 5.18. The number of nitrogens with one attached hydrogen (secondary N) is 2. The highest BCUT2D eigenvalue weighted by atomic mass is 16.7. The molecule has 0 aliphatic rings.